The number of likely N-dealkylation sites (tertiary alicyclic amines) is 1. The third-order valence-corrected chi connectivity index (χ3v) is 4.28. The van der Waals surface area contributed by atoms with Gasteiger partial charge in [0, 0.05) is 25.7 Å². The smallest absolute Gasteiger partial charge is 0.0618 e. The maximum atomic E-state index is 5.32. The summed E-state index contributed by atoms with van der Waals surface area (Å²) in [5, 5.41) is 3.51. The summed E-state index contributed by atoms with van der Waals surface area (Å²) >= 11 is 0. The van der Waals surface area contributed by atoms with E-state index in [1.54, 1.807) is 0 Å². The van der Waals surface area contributed by atoms with Gasteiger partial charge in [-0.3, -0.25) is 4.90 Å². The second-order valence-electron chi connectivity index (χ2n) is 5.04. The Kier molecular flexibility index (Phi) is 3.65. The summed E-state index contributed by atoms with van der Waals surface area (Å²) in [5.74, 6) is 1.75. The van der Waals surface area contributed by atoms with Gasteiger partial charge in [-0.05, 0) is 38.3 Å². The topological polar surface area (TPSA) is 24.5 Å². The van der Waals surface area contributed by atoms with Crippen molar-refractivity contribution in [1.82, 2.24) is 10.2 Å². The van der Waals surface area contributed by atoms with Crippen molar-refractivity contribution in [2.75, 3.05) is 33.4 Å². The van der Waals surface area contributed by atoms with Gasteiger partial charge >= 0.3 is 0 Å². The van der Waals surface area contributed by atoms with E-state index in [9.17, 15) is 0 Å². The molecule has 3 heteroatoms. The Hall–Kier alpha value is -0.120. The molecule has 0 spiro atoms. The lowest BCUT2D eigenvalue weighted by Crippen LogP contribution is -2.43. The first kappa shape index (κ1) is 11.4. The SMILES string of the molecule is CCC(COC)N1CC2CNCC2C1C. The zero-order valence-corrected chi connectivity index (χ0v) is 10.2. The van der Waals surface area contributed by atoms with E-state index in [0.29, 0.717) is 6.04 Å². The largest absolute Gasteiger partial charge is 0.383 e. The summed E-state index contributed by atoms with van der Waals surface area (Å²) < 4.78 is 5.32. The van der Waals surface area contributed by atoms with E-state index < -0.39 is 0 Å². The molecule has 0 aromatic heterocycles. The molecular weight excluding hydrogens is 188 g/mol. The molecule has 88 valence electrons. The maximum Gasteiger partial charge on any atom is 0.0618 e. The molecule has 2 heterocycles. The van der Waals surface area contributed by atoms with Crippen molar-refractivity contribution in [3.63, 3.8) is 0 Å². The Morgan fingerprint density at radius 1 is 1.47 bits per heavy atom. The maximum absolute atomic E-state index is 5.32. The average Bonchev–Trinajstić information content (AvgIpc) is 2.79. The minimum atomic E-state index is 0.621. The highest BCUT2D eigenvalue weighted by Gasteiger charge is 2.43. The first-order valence-electron chi connectivity index (χ1n) is 6.23. The Morgan fingerprint density at radius 2 is 2.27 bits per heavy atom. The van der Waals surface area contributed by atoms with E-state index in [0.717, 1.165) is 24.5 Å². The molecule has 0 aromatic rings. The molecule has 2 aliphatic heterocycles. The fraction of sp³-hybridized carbons (Fsp3) is 1.00. The first-order chi connectivity index (χ1) is 7.27. The van der Waals surface area contributed by atoms with Crippen LogP contribution in [0.5, 0.6) is 0 Å². The number of hydrogen-bond donors (Lipinski definition) is 1. The second kappa shape index (κ2) is 4.81. The highest BCUT2D eigenvalue weighted by atomic mass is 16.5. The standard InChI is InChI=1S/C12H24N2O/c1-4-11(8-15-3)14-7-10-5-13-6-12(10)9(14)2/h9-13H,4-8H2,1-3H3. The van der Waals surface area contributed by atoms with E-state index in [1.165, 1.54) is 26.1 Å². The zero-order chi connectivity index (χ0) is 10.8. The van der Waals surface area contributed by atoms with Crippen LogP contribution in [0, 0.1) is 11.8 Å². The molecule has 15 heavy (non-hydrogen) atoms. The number of nitrogens with one attached hydrogen (secondary N) is 1. The summed E-state index contributed by atoms with van der Waals surface area (Å²) in [4.78, 5) is 2.67. The Bertz CT molecular complexity index is 208. The van der Waals surface area contributed by atoms with E-state index in [4.69, 9.17) is 4.74 Å². The third-order valence-electron chi connectivity index (χ3n) is 4.28. The van der Waals surface area contributed by atoms with Gasteiger partial charge in [0.15, 0.2) is 0 Å². The van der Waals surface area contributed by atoms with Crippen molar-refractivity contribution in [1.29, 1.82) is 0 Å². The van der Waals surface area contributed by atoms with E-state index in [2.05, 4.69) is 24.1 Å². The van der Waals surface area contributed by atoms with Gasteiger partial charge in [0.2, 0.25) is 0 Å². The monoisotopic (exact) mass is 212 g/mol. The predicted octanol–water partition coefficient (Wildman–Crippen LogP) is 0.951. The molecule has 0 aliphatic carbocycles. The van der Waals surface area contributed by atoms with Crippen molar-refractivity contribution in [3.8, 4) is 0 Å². The predicted molar refractivity (Wildman–Crippen MR) is 62.0 cm³/mol. The van der Waals surface area contributed by atoms with Gasteiger partial charge < -0.3 is 10.1 Å². The van der Waals surface area contributed by atoms with E-state index >= 15 is 0 Å². The second-order valence-corrected chi connectivity index (χ2v) is 5.04. The van der Waals surface area contributed by atoms with E-state index in [1.807, 2.05) is 7.11 Å². The van der Waals surface area contributed by atoms with Crippen LogP contribution in [0.15, 0.2) is 0 Å². The number of ether oxygens (including phenoxy) is 1. The van der Waals surface area contributed by atoms with Crippen LogP contribution < -0.4 is 5.32 Å². The number of hydrogen-bond acceptors (Lipinski definition) is 3. The van der Waals surface area contributed by atoms with E-state index in [-0.39, 0.29) is 0 Å². The fourth-order valence-corrected chi connectivity index (χ4v) is 3.32. The molecule has 2 rings (SSSR count). The minimum absolute atomic E-state index is 0.621. The van der Waals surface area contributed by atoms with Crippen molar-refractivity contribution < 1.29 is 4.74 Å². The Balaban J connectivity index is 1.98. The van der Waals surface area contributed by atoms with Crippen LogP contribution in [-0.4, -0.2) is 50.3 Å². The van der Waals surface area contributed by atoms with Crippen LogP contribution in [0.25, 0.3) is 0 Å². The molecule has 0 amide bonds. The number of methoxy groups -OCH3 is 1. The van der Waals surface area contributed by atoms with Crippen LogP contribution in [0.1, 0.15) is 20.3 Å². The van der Waals surface area contributed by atoms with Gasteiger partial charge in [0.1, 0.15) is 0 Å². The first-order valence-corrected chi connectivity index (χ1v) is 6.23. The summed E-state index contributed by atoms with van der Waals surface area (Å²) in [6, 6.07) is 1.35. The van der Waals surface area contributed by atoms with Crippen LogP contribution in [0.4, 0.5) is 0 Å². The van der Waals surface area contributed by atoms with Gasteiger partial charge in [-0.2, -0.15) is 0 Å². The lowest BCUT2D eigenvalue weighted by Gasteiger charge is -2.32. The molecule has 4 unspecified atom stereocenters. The summed E-state index contributed by atoms with van der Waals surface area (Å²) in [6.07, 6.45) is 1.20. The zero-order valence-electron chi connectivity index (χ0n) is 10.2. The third kappa shape index (κ3) is 2.05. The molecule has 3 nitrogen and oxygen atoms in total. The molecule has 0 saturated carbocycles. The lowest BCUT2D eigenvalue weighted by atomic mass is 9.95. The molecule has 4 atom stereocenters. The Labute approximate surface area is 93.2 Å². The normalized spacial score (nSPS) is 38.2. The van der Waals surface area contributed by atoms with Crippen molar-refractivity contribution in [2.45, 2.75) is 32.4 Å². The average molecular weight is 212 g/mol. The number of fused-ring (bicyclic) bond motifs is 1. The Morgan fingerprint density at radius 3 is 2.87 bits per heavy atom. The molecule has 1 N–H and O–H groups in total. The summed E-state index contributed by atoms with van der Waals surface area (Å²) in [7, 11) is 1.81. The van der Waals surface area contributed by atoms with Crippen molar-refractivity contribution in [2.24, 2.45) is 11.8 Å². The fourth-order valence-electron chi connectivity index (χ4n) is 3.32. The van der Waals surface area contributed by atoms with Crippen LogP contribution in [-0.2, 0) is 4.74 Å². The van der Waals surface area contributed by atoms with Gasteiger partial charge in [-0.25, -0.2) is 0 Å². The highest BCUT2D eigenvalue weighted by molar-refractivity contribution is 4.98. The van der Waals surface area contributed by atoms with Crippen molar-refractivity contribution in [3.05, 3.63) is 0 Å². The van der Waals surface area contributed by atoms with Gasteiger partial charge in [0.25, 0.3) is 0 Å². The minimum Gasteiger partial charge on any atom is -0.383 e. The molecule has 2 fully saturated rings. The molecule has 0 aromatic carbocycles. The van der Waals surface area contributed by atoms with Crippen molar-refractivity contribution >= 4 is 0 Å². The van der Waals surface area contributed by atoms with Crippen LogP contribution in [0.3, 0.4) is 0 Å². The molecule has 0 radical (unpaired) electrons. The summed E-state index contributed by atoms with van der Waals surface area (Å²) in [6.45, 7) is 9.23. The highest BCUT2D eigenvalue weighted by Crippen LogP contribution is 2.34. The van der Waals surface area contributed by atoms with Crippen LogP contribution in [0.2, 0.25) is 0 Å². The van der Waals surface area contributed by atoms with Gasteiger partial charge in [-0.1, -0.05) is 6.92 Å². The molecule has 2 aliphatic rings. The van der Waals surface area contributed by atoms with Crippen LogP contribution >= 0.6 is 0 Å². The van der Waals surface area contributed by atoms with Gasteiger partial charge in [-0.15, -0.1) is 0 Å². The lowest BCUT2D eigenvalue weighted by molar-refractivity contribution is 0.0763. The number of rotatable bonds is 4. The number of nitrogens with zero attached hydrogens (tertiary/aromatic N) is 1. The quantitative estimate of drug-likeness (QED) is 0.751. The molecular formula is C12H24N2O. The van der Waals surface area contributed by atoms with Gasteiger partial charge in [0.05, 0.1) is 6.61 Å². The molecule has 2 saturated heterocycles. The summed E-state index contributed by atoms with van der Waals surface area (Å²) in [5.41, 5.74) is 0. The molecule has 0 bridgehead atoms.